The molecule has 0 radical (unpaired) electrons. The predicted octanol–water partition coefficient (Wildman–Crippen LogP) is 6.16. The summed E-state index contributed by atoms with van der Waals surface area (Å²) in [6.45, 7) is 5.43. The number of carbonyl (C=O) groups excluding carboxylic acids is 1. The Labute approximate surface area is 231 Å². The van der Waals surface area contributed by atoms with Crippen molar-refractivity contribution >= 4 is 23.6 Å². The van der Waals surface area contributed by atoms with E-state index in [-0.39, 0.29) is 31.2 Å². The van der Waals surface area contributed by atoms with Gasteiger partial charge in [-0.3, -0.25) is 8.75 Å². The zero-order chi connectivity index (χ0) is 28.5. The summed E-state index contributed by atoms with van der Waals surface area (Å²) >= 11 is 0. The second-order valence-corrected chi connectivity index (χ2v) is 14.8. The predicted molar refractivity (Wildman–Crippen MR) is 153 cm³/mol. The molecule has 0 aliphatic rings. The number of ether oxygens (including phenoxy) is 1. The van der Waals surface area contributed by atoms with Crippen molar-refractivity contribution in [3.8, 4) is 11.1 Å². The van der Waals surface area contributed by atoms with Gasteiger partial charge in [0, 0.05) is 0 Å². The summed E-state index contributed by atoms with van der Waals surface area (Å²) in [5.41, 5.74) is 2.76. The highest BCUT2D eigenvalue weighted by Crippen LogP contribution is 2.50. The van der Waals surface area contributed by atoms with Crippen LogP contribution in [0.4, 0.5) is 4.79 Å². The van der Waals surface area contributed by atoms with Gasteiger partial charge in [0.1, 0.15) is 12.4 Å². The van der Waals surface area contributed by atoms with Gasteiger partial charge in [-0.05, 0) is 34.1 Å². The maximum absolute atomic E-state index is 13.6. The van der Waals surface area contributed by atoms with E-state index in [9.17, 15) is 22.7 Å². The van der Waals surface area contributed by atoms with Crippen LogP contribution in [0, 0.1) is 5.41 Å². The lowest BCUT2D eigenvalue weighted by atomic mass is 9.99. The molecule has 3 aromatic rings. The van der Waals surface area contributed by atoms with Crippen LogP contribution < -0.4 is 5.32 Å². The van der Waals surface area contributed by atoms with Crippen molar-refractivity contribution in [1.29, 1.82) is 0 Å². The zero-order valence-electron chi connectivity index (χ0n) is 22.4. The molecule has 2 N–H and O–H groups in total. The first-order valence-corrected chi connectivity index (χ1v) is 16.1. The molecular weight excluding hydrogens is 537 g/mol. The molecule has 0 heterocycles. The molecule has 0 spiro atoms. The molecule has 0 saturated carbocycles. The van der Waals surface area contributed by atoms with E-state index in [1.54, 1.807) is 36.4 Å². The van der Waals surface area contributed by atoms with Gasteiger partial charge in [0.2, 0.25) is 7.37 Å². The third-order valence-electron chi connectivity index (χ3n) is 5.74. The van der Waals surface area contributed by atoms with E-state index in [1.807, 2.05) is 69.3 Å². The summed E-state index contributed by atoms with van der Waals surface area (Å²) in [7, 11) is -8.16. The molecule has 3 aromatic carbocycles. The lowest BCUT2D eigenvalue weighted by Crippen LogP contribution is -2.37. The van der Waals surface area contributed by atoms with Crippen LogP contribution in [0.25, 0.3) is 11.1 Å². The molecular formula is C29H36NO7PS. The summed E-state index contributed by atoms with van der Waals surface area (Å²) in [5.74, 6) is -1.91. The average molecular weight is 574 g/mol. The smallest absolute Gasteiger partial charge is 0.408 e. The molecule has 39 heavy (non-hydrogen) atoms. The van der Waals surface area contributed by atoms with E-state index in [2.05, 4.69) is 5.32 Å². The summed E-state index contributed by atoms with van der Waals surface area (Å²) in [4.78, 5) is 23.7. The van der Waals surface area contributed by atoms with Gasteiger partial charge in [-0.1, -0.05) is 106 Å². The van der Waals surface area contributed by atoms with Crippen molar-refractivity contribution in [2.45, 2.75) is 45.7 Å². The highest BCUT2D eigenvalue weighted by atomic mass is 32.2. The topological polar surface area (TPSA) is 119 Å². The molecule has 0 aliphatic heterocycles. The Morgan fingerprint density at radius 3 is 2.15 bits per heavy atom. The second kappa shape index (κ2) is 13.4. The molecule has 0 saturated heterocycles. The SMILES string of the molecule is CC(C)(C)COS(=O)(=O)CCC(NC(=O)OCc1ccccc1)P(=O)(O)Cc1cccc(-c2ccccc2)c1. The first kappa shape index (κ1) is 30.6. The molecule has 1 amide bonds. The van der Waals surface area contributed by atoms with Crippen LogP contribution in [0.15, 0.2) is 84.9 Å². The summed E-state index contributed by atoms with van der Waals surface area (Å²) < 4.78 is 49.0. The fraction of sp³-hybridized carbons (Fsp3) is 0.345. The van der Waals surface area contributed by atoms with Gasteiger partial charge < -0.3 is 14.9 Å². The first-order chi connectivity index (χ1) is 18.3. The van der Waals surface area contributed by atoms with Gasteiger partial charge >= 0.3 is 6.09 Å². The molecule has 2 unspecified atom stereocenters. The standard InChI is InChI=1S/C29H36NO7PS/c1-29(2,3)22-37-39(34,35)18-17-27(30-28(31)36-20-23-11-6-4-7-12-23)38(32,33)21-24-13-10-16-26(19-24)25-14-8-5-9-15-25/h4-16,19,27H,17-18,20-22H2,1-3H3,(H,30,31)(H,32,33). The highest BCUT2D eigenvalue weighted by Gasteiger charge is 2.34. The number of alkyl carbamates (subject to hydrolysis) is 1. The van der Waals surface area contributed by atoms with E-state index >= 15 is 0 Å². The van der Waals surface area contributed by atoms with Crippen LogP contribution in [0.2, 0.25) is 0 Å². The van der Waals surface area contributed by atoms with E-state index < -0.39 is 35.1 Å². The quantitative estimate of drug-likeness (QED) is 0.197. The van der Waals surface area contributed by atoms with Crippen LogP contribution in [-0.2, 0) is 36.4 Å². The fourth-order valence-corrected chi connectivity index (χ4v) is 6.84. The van der Waals surface area contributed by atoms with Gasteiger partial charge in [0.15, 0.2) is 0 Å². The summed E-state index contributed by atoms with van der Waals surface area (Å²) in [6, 6.07) is 25.8. The van der Waals surface area contributed by atoms with Gasteiger partial charge in [-0.25, -0.2) is 4.79 Å². The molecule has 0 fully saturated rings. The minimum absolute atomic E-state index is 0.0321. The minimum atomic E-state index is -4.15. The molecule has 0 aliphatic carbocycles. The lowest BCUT2D eigenvalue weighted by molar-refractivity contribution is 0.137. The molecule has 210 valence electrons. The third-order valence-corrected chi connectivity index (χ3v) is 9.13. The van der Waals surface area contributed by atoms with Crippen molar-refractivity contribution in [1.82, 2.24) is 5.32 Å². The van der Waals surface area contributed by atoms with Gasteiger partial charge in [0.25, 0.3) is 10.1 Å². The maximum Gasteiger partial charge on any atom is 0.408 e. The molecule has 0 bridgehead atoms. The number of amides is 1. The van der Waals surface area contributed by atoms with E-state index in [0.29, 0.717) is 5.56 Å². The summed E-state index contributed by atoms with van der Waals surface area (Å²) in [5, 5.41) is 2.44. The molecule has 2 atom stereocenters. The molecule has 8 nitrogen and oxygen atoms in total. The Balaban J connectivity index is 1.76. The van der Waals surface area contributed by atoms with Crippen molar-refractivity contribution in [3.63, 3.8) is 0 Å². The summed E-state index contributed by atoms with van der Waals surface area (Å²) in [6.07, 6.45) is -1.50. The Morgan fingerprint density at radius 1 is 0.923 bits per heavy atom. The number of hydrogen-bond donors (Lipinski definition) is 2. The molecule has 0 aromatic heterocycles. The highest BCUT2D eigenvalue weighted by molar-refractivity contribution is 7.86. The number of hydrogen-bond acceptors (Lipinski definition) is 6. The number of carbonyl (C=O) groups is 1. The van der Waals surface area contributed by atoms with Crippen molar-refractivity contribution in [2.24, 2.45) is 5.41 Å². The number of nitrogens with one attached hydrogen (secondary N) is 1. The maximum atomic E-state index is 13.6. The van der Waals surface area contributed by atoms with Crippen molar-refractivity contribution in [3.05, 3.63) is 96.1 Å². The second-order valence-electron chi connectivity index (χ2n) is 10.6. The number of rotatable bonds is 12. The molecule has 10 heteroatoms. The Morgan fingerprint density at radius 2 is 1.51 bits per heavy atom. The fourth-order valence-electron chi connectivity index (χ4n) is 3.71. The van der Waals surface area contributed by atoms with Gasteiger partial charge in [-0.15, -0.1) is 0 Å². The van der Waals surface area contributed by atoms with Crippen LogP contribution in [0.1, 0.15) is 38.3 Å². The molecule has 3 rings (SSSR count). The Kier molecular flexibility index (Phi) is 10.5. The van der Waals surface area contributed by atoms with Crippen LogP contribution in [0.3, 0.4) is 0 Å². The van der Waals surface area contributed by atoms with Crippen LogP contribution >= 0.6 is 7.37 Å². The van der Waals surface area contributed by atoms with Gasteiger partial charge in [0.05, 0.1) is 18.5 Å². The van der Waals surface area contributed by atoms with Crippen LogP contribution in [-0.4, -0.2) is 37.5 Å². The first-order valence-electron chi connectivity index (χ1n) is 12.6. The number of benzene rings is 3. The minimum Gasteiger partial charge on any atom is -0.445 e. The Hall–Kier alpha value is -2.97. The van der Waals surface area contributed by atoms with Gasteiger partial charge in [-0.2, -0.15) is 8.42 Å². The average Bonchev–Trinajstić information content (AvgIpc) is 2.89. The van der Waals surface area contributed by atoms with Crippen LogP contribution in [0.5, 0.6) is 0 Å². The zero-order valence-corrected chi connectivity index (χ0v) is 24.2. The van der Waals surface area contributed by atoms with Crippen molar-refractivity contribution < 1.29 is 31.6 Å². The lowest BCUT2D eigenvalue weighted by Gasteiger charge is -2.25. The normalized spacial score (nSPS) is 14.3. The largest absolute Gasteiger partial charge is 0.445 e. The third kappa shape index (κ3) is 10.6. The van der Waals surface area contributed by atoms with E-state index in [1.165, 1.54) is 0 Å². The monoisotopic (exact) mass is 573 g/mol. The van der Waals surface area contributed by atoms with E-state index in [4.69, 9.17) is 8.92 Å². The van der Waals surface area contributed by atoms with E-state index in [0.717, 1.165) is 16.7 Å². The Bertz CT molecular complexity index is 1370. The van der Waals surface area contributed by atoms with Crippen molar-refractivity contribution in [2.75, 3.05) is 12.4 Å².